The fraction of sp³-hybridized carbons (Fsp3) is 0.238. The van der Waals surface area contributed by atoms with Gasteiger partial charge in [0.15, 0.2) is 11.5 Å². The molecule has 7 nitrogen and oxygen atoms in total. The maximum absolute atomic E-state index is 11.3. The lowest BCUT2D eigenvalue weighted by Gasteiger charge is -2.16. The highest BCUT2D eigenvalue weighted by molar-refractivity contribution is 6.30. The van der Waals surface area contributed by atoms with Gasteiger partial charge in [-0.15, -0.1) is 0 Å². The van der Waals surface area contributed by atoms with Gasteiger partial charge in [-0.25, -0.2) is 0 Å². The number of methoxy groups -OCH3 is 2. The van der Waals surface area contributed by atoms with Crippen LogP contribution in [0.4, 0.5) is 5.69 Å². The highest BCUT2D eigenvalue weighted by Crippen LogP contribution is 2.34. The molecule has 0 saturated carbocycles. The Labute approximate surface area is 173 Å². The average molecular weight is 417 g/mol. The summed E-state index contributed by atoms with van der Waals surface area (Å²) in [6.07, 6.45) is 0. The van der Waals surface area contributed by atoms with Gasteiger partial charge in [0, 0.05) is 17.1 Å². The zero-order chi connectivity index (χ0) is 21.0. The van der Waals surface area contributed by atoms with Crippen molar-refractivity contribution in [2.75, 3.05) is 14.2 Å². The van der Waals surface area contributed by atoms with Gasteiger partial charge in [0.05, 0.1) is 31.3 Å². The second-order valence-corrected chi connectivity index (χ2v) is 6.84. The molecule has 1 atom stereocenters. The molecule has 152 valence electrons. The summed E-state index contributed by atoms with van der Waals surface area (Å²) >= 11 is 5.88. The number of rotatable bonds is 8. The van der Waals surface area contributed by atoms with Gasteiger partial charge in [-0.3, -0.25) is 10.1 Å². The smallest absolute Gasteiger partial charge is 0.281 e. The van der Waals surface area contributed by atoms with Gasteiger partial charge in [0.25, 0.3) is 5.69 Å². The first kappa shape index (κ1) is 20.7. The Balaban J connectivity index is 1.72. The zero-order valence-corrected chi connectivity index (χ0v) is 17.0. The molecule has 0 spiro atoms. The summed E-state index contributed by atoms with van der Waals surface area (Å²) in [5.74, 6) is 2.41. The predicted octanol–water partition coefficient (Wildman–Crippen LogP) is 5.38. The second kappa shape index (κ2) is 8.98. The first-order valence-electron chi connectivity index (χ1n) is 8.91. The molecule has 29 heavy (non-hydrogen) atoms. The molecule has 0 bridgehead atoms. The molecule has 0 aliphatic heterocycles. The number of furan rings is 1. The van der Waals surface area contributed by atoms with Crippen molar-refractivity contribution >= 4 is 17.3 Å². The van der Waals surface area contributed by atoms with Crippen molar-refractivity contribution in [3.05, 3.63) is 75.0 Å². The molecule has 0 amide bonds. The Bertz CT molecular complexity index is 1020. The van der Waals surface area contributed by atoms with Crippen LogP contribution in [0.1, 0.15) is 24.3 Å². The highest BCUT2D eigenvalue weighted by Gasteiger charge is 2.19. The molecular weight excluding hydrogens is 396 g/mol. The van der Waals surface area contributed by atoms with Crippen molar-refractivity contribution in [2.24, 2.45) is 0 Å². The Morgan fingerprint density at radius 1 is 1.10 bits per heavy atom. The van der Waals surface area contributed by atoms with Crippen molar-refractivity contribution < 1.29 is 18.8 Å². The van der Waals surface area contributed by atoms with Crippen LogP contribution in [0.2, 0.25) is 5.02 Å². The van der Waals surface area contributed by atoms with Crippen molar-refractivity contribution in [1.29, 1.82) is 0 Å². The van der Waals surface area contributed by atoms with E-state index in [1.807, 2.05) is 25.1 Å². The van der Waals surface area contributed by atoms with Gasteiger partial charge in [0.2, 0.25) is 0 Å². The maximum atomic E-state index is 11.3. The number of hydrogen-bond donors (Lipinski definition) is 1. The third-order valence-electron chi connectivity index (χ3n) is 4.57. The number of nitro groups is 1. The SMILES string of the molecule is COc1ccc(C(C)NCc2ccc(-c3ccc(Cl)cc3[N+](=O)[O-])o2)cc1OC. The minimum absolute atomic E-state index is 0.0215. The minimum Gasteiger partial charge on any atom is -0.493 e. The molecule has 0 radical (unpaired) electrons. The number of nitrogens with zero attached hydrogens (tertiary/aromatic N) is 1. The first-order chi connectivity index (χ1) is 13.9. The number of nitro benzene ring substituents is 1. The van der Waals surface area contributed by atoms with E-state index in [-0.39, 0.29) is 11.7 Å². The molecule has 1 unspecified atom stereocenters. The van der Waals surface area contributed by atoms with Crippen molar-refractivity contribution in [3.8, 4) is 22.8 Å². The van der Waals surface area contributed by atoms with Crippen LogP contribution in [0.25, 0.3) is 11.3 Å². The van der Waals surface area contributed by atoms with Crippen LogP contribution in [0, 0.1) is 10.1 Å². The lowest BCUT2D eigenvalue weighted by molar-refractivity contribution is -0.384. The molecule has 0 fully saturated rings. The van der Waals surface area contributed by atoms with E-state index < -0.39 is 4.92 Å². The topological polar surface area (TPSA) is 86.8 Å². The largest absolute Gasteiger partial charge is 0.493 e. The van der Waals surface area contributed by atoms with E-state index in [0.717, 1.165) is 5.56 Å². The van der Waals surface area contributed by atoms with E-state index in [1.165, 1.54) is 6.07 Å². The van der Waals surface area contributed by atoms with E-state index in [4.69, 9.17) is 25.5 Å². The Kier molecular flexibility index (Phi) is 6.41. The molecule has 0 aliphatic rings. The van der Waals surface area contributed by atoms with Gasteiger partial charge in [-0.1, -0.05) is 17.7 Å². The van der Waals surface area contributed by atoms with E-state index in [0.29, 0.717) is 40.2 Å². The van der Waals surface area contributed by atoms with Gasteiger partial charge < -0.3 is 19.2 Å². The number of nitrogens with one attached hydrogen (secondary N) is 1. The summed E-state index contributed by atoms with van der Waals surface area (Å²) in [5, 5.41) is 15.0. The normalized spacial score (nSPS) is 11.9. The predicted molar refractivity (Wildman–Crippen MR) is 111 cm³/mol. The first-order valence-corrected chi connectivity index (χ1v) is 9.29. The van der Waals surface area contributed by atoms with E-state index in [9.17, 15) is 10.1 Å². The lowest BCUT2D eigenvalue weighted by atomic mass is 10.1. The molecule has 8 heteroatoms. The Morgan fingerprint density at radius 3 is 2.55 bits per heavy atom. The fourth-order valence-corrected chi connectivity index (χ4v) is 3.14. The fourth-order valence-electron chi connectivity index (χ4n) is 2.98. The molecule has 3 aromatic rings. The van der Waals surface area contributed by atoms with Crippen LogP contribution in [-0.2, 0) is 6.54 Å². The molecule has 1 heterocycles. The van der Waals surface area contributed by atoms with Crippen LogP contribution in [0.5, 0.6) is 11.5 Å². The van der Waals surface area contributed by atoms with Crippen LogP contribution >= 0.6 is 11.6 Å². The molecule has 0 saturated heterocycles. The summed E-state index contributed by atoms with van der Waals surface area (Å²) in [4.78, 5) is 10.8. The van der Waals surface area contributed by atoms with Crippen LogP contribution in [-0.4, -0.2) is 19.1 Å². The molecule has 1 aromatic heterocycles. The van der Waals surface area contributed by atoms with Crippen molar-refractivity contribution in [2.45, 2.75) is 19.5 Å². The average Bonchev–Trinajstić information content (AvgIpc) is 3.20. The van der Waals surface area contributed by atoms with Crippen LogP contribution in [0.15, 0.2) is 52.9 Å². The number of hydrogen-bond acceptors (Lipinski definition) is 6. The van der Waals surface area contributed by atoms with Gasteiger partial charge in [-0.05, 0) is 48.9 Å². The summed E-state index contributed by atoms with van der Waals surface area (Å²) in [7, 11) is 3.19. The number of halogens is 1. The maximum Gasteiger partial charge on any atom is 0.281 e. The van der Waals surface area contributed by atoms with E-state index in [2.05, 4.69) is 5.32 Å². The number of ether oxygens (including phenoxy) is 2. The second-order valence-electron chi connectivity index (χ2n) is 6.40. The minimum atomic E-state index is -0.471. The molecule has 1 N–H and O–H groups in total. The summed E-state index contributed by atoms with van der Waals surface area (Å²) in [6.45, 7) is 2.48. The van der Waals surface area contributed by atoms with E-state index in [1.54, 1.807) is 38.5 Å². The molecular formula is C21H21ClN2O5. The van der Waals surface area contributed by atoms with E-state index >= 15 is 0 Å². The summed E-state index contributed by atoms with van der Waals surface area (Å²) in [5.41, 5.74) is 1.33. The standard InChI is InChI=1S/C21H21ClN2O5/c1-13(14-4-8-20(27-2)21(10-14)28-3)23-12-16-6-9-19(29-16)17-7-5-15(22)11-18(17)24(25)26/h4-11,13,23H,12H2,1-3H3. The zero-order valence-electron chi connectivity index (χ0n) is 16.3. The third kappa shape index (κ3) is 4.70. The third-order valence-corrected chi connectivity index (χ3v) is 4.81. The summed E-state index contributed by atoms with van der Waals surface area (Å²) < 4.78 is 16.4. The monoisotopic (exact) mass is 416 g/mol. The Morgan fingerprint density at radius 2 is 1.86 bits per heavy atom. The molecule has 2 aromatic carbocycles. The van der Waals surface area contributed by atoms with Gasteiger partial charge >= 0.3 is 0 Å². The van der Waals surface area contributed by atoms with Crippen LogP contribution < -0.4 is 14.8 Å². The lowest BCUT2D eigenvalue weighted by Crippen LogP contribution is -2.17. The highest BCUT2D eigenvalue weighted by atomic mass is 35.5. The quantitative estimate of drug-likeness (QED) is 0.392. The number of benzene rings is 2. The molecule has 3 rings (SSSR count). The Hall–Kier alpha value is -3.03. The van der Waals surface area contributed by atoms with Gasteiger partial charge in [-0.2, -0.15) is 0 Å². The van der Waals surface area contributed by atoms with Crippen molar-refractivity contribution in [3.63, 3.8) is 0 Å². The van der Waals surface area contributed by atoms with Crippen LogP contribution in [0.3, 0.4) is 0 Å². The molecule has 0 aliphatic carbocycles. The van der Waals surface area contributed by atoms with Gasteiger partial charge in [0.1, 0.15) is 11.5 Å². The van der Waals surface area contributed by atoms with Crippen molar-refractivity contribution in [1.82, 2.24) is 5.32 Å². The summed E-state index contributed by atoms with van der Waals surface area (Å²) in [6, 6.07) is 13.8.